The van der Waals surface area contributed by atoms with Crippen molar-refractivity contribution >= 4 is 27.6 Å². The van der Waals surface area contributed by atoms with Gasteiger partial charge >= 0.3 is 0 Å². The first-order valence-corrected chi connectivity index (χ1v) is 6.93. The summed E-state index contributed by atoms with van der Waals surface area (Å²) in [6.45, 7) is 2.00. The molecule has 6 heteroatoms. The van der Waals surface area contributed by atoms with Gasteiger partial charge in [0.25, 0.3) is 0 Å². The van der Waals surface area contributed by atoms with E-state index in [1.54, 1.807) is 13.4 Å². The number of nitrogens with one attached hydrogen (secondary N) is 1. The Morgan fingerprint density at radius 2 is 2.28 bits per heavy atom. The molecule has 0 bridgehead atoms. The fourth-order valence-corrected chi connectivity index (χ4v) is 3.33. The topological polar surface area (TPSA) is 59.9 Å². The van der Waals surface area contributed by atoms with E-state index in [0.717, 1.165) is 34.6 Å². The third-order valence-corrected chi connectivity index (χ3v) is 4.37. The second kappa shape index (κ2) is 4.78. The van der Waals surface area contributed by atoms with Crippen LogP contribution in [0.5, 0.6) is 0 Å². The highest BCUT2D eigenvalue weighted by Gasteiger charge is 2.28. The first-order chi connectivity index (χ1) is 8.79. The van der Waals surface area contributed by atoms with E-state index in [2.05, 4.69) is 19.7 Å². The summed E-state index contributed by atoms with van der Waals surface area (Å²) < 4.78 is 9.84. The molecule has 2 aromatic rings. The number of hydrogen-bond acceptors (Lipinski definition) is 6. The predicted molar refractivity (Wildman–Crippen MR) is 72.0 cm³/mol. The van der Waals surface area contributed by atoms with Gasteiger partial charge in [0.2, 0.25) is 0 Å². The Morgan fingerprint density at radius 3 is 3.11 bits per heavy atom. The lowest BCUT2D eigenvalue weighted by Gasteiger charge is -2.20. The molecule has 18 heavy (non-hydrogen) atoms. The van der Waals surface area contributed by atoms with Crippen LogP contribution >= 0.6 is 11.5 Å². The maximum atomic E-state index is 5.50. The maximum Gasteiger partial charge on any atom is 0.149 e. The van der Waals surface area contributed by atoms with E-state index in [-0.39, 0.29) is 6.10 Å². The summed E-state index contributed by atoms with van der Waals surface area (Å²) in [5, 5.41) is 4.55. The Labute approximate surface area is 110 Å². The van der Waals surface area contributed by atoms with Gasteiger partial charge in [0.05, 0.1) is 23.2 Å². The van der Waals surface area contributed by atoms with Crippen LogP contribution in [-0.2, 0) is 4.74 Å². The molecule has 1 fully saturated rings. The Hall–Kier alpha value is -1.27. The minimum atomic E-state index is 0.280. The number of ether oxygens (including phenoxy) is 1. The van der Waals surface area contributed by atoms with E-state index in [1.807, 2.05) is 6.92 Å². The molecule has 5 nitrogen and oxygen atoms in total. The molecule has 2 atom stereocenters. The Bertz CT molecular complexity index is 556. The summed E-state index contributed by atoms with van der Waals surface area (Å²) in [7, 11) is 1.78. The third kappa shape index (κ3) is 1.95. The number of nitrogens with zero attached hydrogens (tertiary/aromatic N) is 3. The van der Waals surface area contributed by atoms with Gasteiger partial charge in [0.15, 0.2) is 0 Å². The minimum Gasteiger partial charge on any atom is -0.379 e. The highest BCUT2D eigenvalue weighted by molar-refractivity contribution is 7.13. The van der Waals surface area contributed by atoms with Crippen LogP contribution < -0.4 is 5.32 Å². The fourth-order valence-electron chi connectivity index (χ4n) is 2.58. The van der Waals surface area contributed by atoms with E-state index < -0.39 is 0 Å². The highest BCUT2D eigenvalue weighted by Crippen LogP contribution is 2.29. The monoisotopic (exact) mass is 264 g/mol. The molecule has 0 radical (unpaired) electrons. The zero-order valence-electron chi connectivity index (χ0n) is 10.5. The molecule has 0 aliphatic heterocycles. The number of anilines is 1. The van der Waals surface area contributed by atoms with Gasteiger partial charge in [0, 0.05) is 7.11 Å². The number of aryl methyl sites for hydroxylation is 1. The second-order valence-electron chi connectivity index (χ2n) is 4.63. The third-order valence-electron chi connectivity index (χ3n) is 3.52. The van der Waals surface area contributed by atoms with Gasteiger partial charge in [-0.3, -0.25) is 0 Å². The average molecular weight is 264 g/mol. The number of methoxy groups -OCH3 is 1. The largest absolute Gasteiger partial charge is 0.379 e. The van der Waals surface area contributed by atoms with Crippen LogP contribution in [0.1, 0.15) is 25.0 Å². The molecular formula is C12H16N4OS. The Balaban J connectivity index is 1.92. The summed E-state index contributed by atoms with van der Waals surface area (Å²) in [5.41, 5.74) is 0.991. The molecule has 0 aromatic carbocycles. The SMILES string of the molecule is COC1CCCC1Nc1ncnc2snc(C)c12. The van der Waals surface area contributed by atoms with Crippen LogP contribution in [0, 0.1) is 6.92 Å². The van der Waals surface area contributed by atoms with E-state index in [1.165, 1.54) is 18.0 Å². The van der Waals surface area contributed by atoms with Gasteiger partial charge in [-0.2, -0.15) is 4.37 Å². The molecule has 2 aromatic heterocycles. The molecule has 2 unspecified atom stereocenters. The molecule has 96 valence electrons. The van der Waals surface area contributed by atoms with Crippen molar-refractivity contribution in [2.75, 3.05) is 12.4 Å². The molecule has 0 saturated heterocycles. The van der Waals surface area contributed by atoms with Crippen molar-refractivity contribution < 1.29 is 4.74 Å². The van der Waals surface area contributed by atoms with Crippen molar-refractivity contribution in [3.05, 3.63) is 12.0 Å². The van der Waals surface area contributed by atoms with E-state index in [4.69, 9.17) is 4.74 Å². The average Bonchev–Trinajstić information content (AvgIpc) is 2.97. The van der Waals surface area contributed by atoms with Crippen LogP contribution in [0.15, 0.2) is 6.33 Å². The maximum absolute atomic E-state index is 5.50. The van der Waals surface area contributed by atoms with Gasteiger partial charge < -0.3 is 10.1 Å². The van der Waals surface area contributed by atoms with E-state index in [0.29, 0.717) is 6.04 Å². The van der Waals surface area contributed by atoms with Crippen molar-refractivity contribution in [3.63, 3.8) is 0 Å². The molecule has 1 saturated carbocycles. The molecule has 1 aliphatic rings. The van der Waals surface area contributed by atoms with Gasteiger partial charge in [-0.05, 0) is 37.7 Å². The van der Waals surface area contributed by atoms with Gasteiger partial charge in [-0.25, -0.2) is 9.97 Å². The Kier molecular flexibility index (Phi) is 3.13. The smallest absolute Gasteiger partial charge is 0.149 e. The first-order valence-electron chi connectivity index (χ1n) is 6.16. The summed E-state index contributed by atoms with van der Waals surface area (Å²) >= 11 is 1.42. The zero-order valence-corrected chi connectivity index (χ0v) is 11.3. The standard InChI is InChI=1S/C12H16N4OS/c1-7-10-11(13-6-14-12(10)18-16-7)15-8-4-3-5-9(8)17-2/h6,8-9H,3-5H2,1-2H3,(H,13,14,15). The molecule has 1 N–H and O–H groups in total. The van der Waals surface area contributed by atoms with Crippen molar-refractivity contribution in [2.24, 2.45) is 0 Å². The van der Waals surface area contributed by atoms with Crippen molar-refractivity contribution in [2.45, 2.75) is 38.3 Å². The summed E-state index contributed by atoms with van der Waals surface area (Å²) in [6.07, 6.45) is 5.32. The molecule has 0 spiro atoms. The molecule has 3 rings (SSSR count). The van der Waals surface area contributed by atoms with Crippen LogP contribution in [0.25, 0.3) is 10.2 Å². The first kappa shape index (κ1) is 11.8. The number of hydrogen-bond donors (Lipinski definition) is 1. The van der Waals surface area contributed by atoms with Crippen LogP contribution in [0.2, 0.25) is 0 Å². The fraction of sp³-hybridized carbons (Fsp3) is 0.583. The van der Waals surface area contributed by atoms with Crippen LogP contribution in [-0.4, -0.2) is 33.6 Å². The normalized spacial score (nSPS) is 23.7. The second-order valence-corrected chi connectivity index (χ2v) is 5.38. The quantitative estimate of drug-likeness (QED) is 0.922. The number of aromatic nitrogens is 3. The van der Waals surface area contributed by atoms with Gasteiger partial charge in [-0.15, -0.1) is 0 Å². The molecule has 0 amide bonds. The zero-order chi connectivity index (χ0) is 12.5. The molecular weight excluding hydrogens is 248 g/mol. The summed E-state index contributed by atoms with van der Waals surface area (Å²) in [6, 6.07) is 0.340. The lowest BCUT2D eigenvalue weighted by Crippen LogP contribution is -2.30. The predicted octanol–water partition coefficient (Wildman–Crippen LogP) is 2.37. The summed E-state index contributed by atoms with van der Waals surface area (Å²) in [4.78, 5) is 9.55. The summed E-state index contributed by atoms with van der Waals surface area (Å²) in [5.74, 6) is 0.889. The molecule has 1 aliphatic carbocycles. The lowest BCUT2D eigenvalue weighted by atomic mass is 10.2. The van der Waals surface area contributed by atoms with E-state index >= 15 is 0 Å². The van der Waals surface area contributed by atoms with Crippen molar-refractivity contribution in [1.82, 2.24) is 14.3 Å². The van der Waals surface area contributed by atoms with Gasteiger partial charge in [0.1, 0.15) is 17.0 Å². The highest BCUT2D eigenvalue weighted by atomic mass is 32.1. The Morgan fingerprint density at radius 1 is 1.39 bits per heavy atom. The number of fused-ring (bicyclic) bond motifs is 1. The molecule has 2 heterocycles. The van der Waals surface area contributed by atoms with Gasteiger partial charge in [-0.1, -0.05) is 0 Å². The number of rotatable bonds is 3. The minimum absolute atomic E-state index is 0.280. The van der Waals surface area contributed by atoms with Crippen LogP contribution in [0.4, 0.5) is 5.82 Å². The van der Waals surface area contributed by atoms with Crippen molar-refractivity contribution in [1.29, 1.82) is 0 Å². The lowest BCUT2D eigenvalue weighted by molar-refractivity contribution is 0.101. The van der Waals surface area contributed by atoms with Crippen LogP contribution in [0.3, 0.4) is 0 Å². The van der Waals surface area contributed by atoms with Crippen molar-refractivity contribution in [3.8, 4) is 0 Å². The van der Waals surface area contributed by atoms with E-state index in [9.17, 15) is 0 Å².